The molecule has 30 heavy (non-hydrogen) atoms. The van der Waals surface area contributed by atoms with Crippen LogP contribution in [0.15, 0.2) is 48.5 Å². The summed E-state index contributed by atoms with van der Waals surface area (Å²) in [5, 5.41) is 3.42. The Balaban J connectivity index is 1.35. The first-order valence-corrected chi connectivity index (χ1v) is 10.6. The molecule has 0 radical (unpaired) electrons. The van der Waals surface area contributed by atoms with E-state index in [1.807, 2.05) is 12.1 Å². The second kappa shape index (κ2) is 8.88. The summed E-state index contributed by atoms with van der Waals surface area (Å²) in [6.45, 7) is 1.50. The summed E-state index contributed by atoms with van der Waals surface area (Å²) in [5.41, 5.74) is 2.06. The SMILES string of the molecule is O=C(Nc1ccc(Cl)cc1)c1ccc(CN2CCN(C3CCCC3)C(=O)C2=O)cc1. The zero-order valence-electron chi connectivity index (χ0n) is 16.6. The summed E-state index contributed by atoms with van der Waals surface area (Å²) in [6.07, 6.45) is 4.26. The first kappa shape index (κ1) is 20.4. The fourth-order valence-electron chi connectivity index (χ4n) is 4.12. The van der Waals surface area contributed by atoms with Gasteiger partial charge < -0.3 is 15.1 Å². The van der Waals surface area contributed by atoms with Crippen LogP contribution in [0.5, 0.6) is 0 Å². The summed E-state index contributed by atoms with van der Waals surface area (Å²) in [5.74, 6) is -1.04. The van der Waals surface area contributed by atoms with Crippen LogP contribution in [-0.2, 0) is 16.1 Å². The molecule has 1 saturated carbocycles. The summed E-state index contributed by atoms with van der Waals surface area (Å²) in [7, 11) is 0. The van der Waals surface area contributed by atoms with Crippen molar-refractivity contribution in [2.45, 2.75) is 38.3 Å². The van der Waals surface area contributed by atoms with Gasteiger partial charge in [0.25, 0.3) is 5.91 Å². The highest BCUT2D eigenvalue weighted by Gasteiger charge is 2.37. The van der Waals surface area contributed by atoms with Crippen LogP contribution in [0.4, 0.5) is 5.69 Å². The van der Waals surface area contributed by atoms with E-state index in [0.29, 0.717) is 35.9 Å². The van der Waals surface area contributed by atoms with Crippen molar-refractivity contribution in [3.63, 3.8) is 0 Å². The van der Waals surface area contributed by atoms with E-state index in [2.05, 4.69) is 5.32 Å². The van der Waals surface area contributed by atoms with Gasteiger partial charge in [-0.25, -0.2) is 0 Å². The standard InChI is InChI=1S/C23H24ClN3O3/c24-18-9-11-19(12-10-18)25-21(28)17-7-5-16(6-8-17)15-26-13-14-27(23(30)22(26)29)20-3-1-2-4-20/h5-12,20H,1-4,13-15H2,(H,25,28). The van der Waals surface area contributed by atoms with Crippen molar-refractivity contribution in [2.75, 3.05) is 18.4 Å². The molecule has 0 aromatic heterocycles. The number of carbonyl (C=O) groups is 3. The molecule has 0 spiro atoms. The molecule has 0 atom stereocenters. The number of halogens is 1. The highest BCUT2D eigenvalue weighted by atomic mass is 35.5. The lowest BCUT2D eigenvalue weighted by molar-refractivity contribution is -0.158. The Kier molecular flexibility index (Phi) is 6.04. The third-order valence-electron chi connectivity index (χ3n) is 5.80. The van der Waals surface area contributed by atoms with Gasteiger partial charge in [-0.3, -0.25) is 14.4 Å². The minimum Gasteiger partial charge on any atom is -0.330 e. The van der Waals surface area contributed by atoms with E-state index < -0.39 is 5.91 Å². The Morgan fingerprint density at radius 3 is 2.27 bits per heavy atom. The lowest BCUT2D eigenvalue weighted by Gasteiger charge is -2.37. The van der Waals surface area contributed by atoms with Gasteiger partial charge in [-0.15, -0.1) is 0 Å². The quantitative estimate of drug-likeness (QED) is 0.742. The summed E-state index contributed by atoms with van der Waals surface area (Å²) in [6, 6.07) is 14.2. The third kappa shape index (κ3) is 4.49. The molecule has 156 valence electrons. The predicted octanol–water partition coefficient (Wildman–Crippen LogP) is 3.71. The average Bonchev–Trinajstić information content (AvgIpc) is 3.28. The number of benzene rings is 2. The van der Waals surface area contributed by atoms with Crippen LogP contribution in [0.1, 0.15) is 41.6 Å². The molecule has 0 bridgehead atoms. The maximum Gasteiger partial charge on any atom is 0.312 e. The van der Waals surface area contributed by atoms with Crippen LogP contribution in [0.2, 0.25) is 5.02 Å². The Morgan fingerprint density at radius 1 is 0.933 bits per heavy atom. The molecule has 6 nitrogen and oxygen atoms in total. The van der Waals surface area contributed by atoms with Crippen molar-refractivity contribution in [1.29, 1.82) is 0 Å². The minimum absolute atomic E-state index is 0.222. The molecule has 2 aromatic carbocycles. The summed E-state index contributed by atoms with van der Waals surface area (Å²) in [4.78, 5) is 40.8. The van der Waals surface area contributed by atoms with Crippen LogP contribution >= 0.6 is 11.6 Å². The molecule has 2 aromatic rings. The van der Waals surface area contributed by atoms with E-state index in [0.717, 1.165) is 31.2 Å². The van der Waals surface area contributed by atoms with Crippen molar-refractivity contribution in [3.05, 3.63) is 64.7 Å². The normalized spacial score (nSPS) is 17.5. The third-order valence-corrected chi connectivity index (χ3v) is 6.05. The van der Waals surface area contributed by atoms with Gasteiger partial charge in [0.1, 0.15) is 0 Å². The van der Waals surface area contributed by atoms with Crippen molar-refractivity contribution in [1.82, 2.24) is 9.80 Å². The van der Waals surface area contributed by atoms with Gasteiger partial charge >= 0.3 is 11.8 Å². The van der Waals surface area contributed by atoms with Crippen molar-refractivity contribution < 1.29 is 14.4 Å². The van der Waals surface area contributed by atoms with Crippen molar-refractivity contribution in [3.8, 4) is 0 Å². The molecule has 0 unspecified atom stereocenters. The molecule has 1 heterocycles. The Morgan fingerprint density at radius 2 is 1.60 bits per heavy atom. The predicted molar refractivity (Wildman–Crippen MR) is 115 cm³/mol. The van der Waals surface area contributed by atoms with E-state index in [4.69, 9.17) is 11.6 Å². The molecule has 4 rings (SSSR count). The number of rotatable bonds is 5. The van der Waals surface area contributed by atoms with Crippen molar-refractivity contribution in [2.24, 2.45) is 0 Å². The number of nitrogens with zero attached hydrogens (tertiary/aromatic N) is 2. The van der Waals surface area contributed by atoms with Gasteiger partial charge in [0, 0.05) is 41.9 Å². The Labute approximate surface area is 180 Å². The highest BCUT2D eigenvalue weighted by Crippen LogP contribution is 2.25. The first-order chi connectivity index (χ1) is 14.5. The number of carbonyl (C=O) groups excluding carboxylic acids is 3. The number of hydrogen-bond donors (Lipinski definition) is 1. The lowest BCUT2D eigenvalue weighted by Crippen LogP contribution is -2.56. The number of anilines is 1. The van der Waals surface area contributed by atoms with Gasteiger partial charge in [-0.2, -0.15) is 0 Å². The lowest BCUT2D eigenvalue weighted by atomic mass is 10.1. The zero-order valence-corrected chi connectivity index (χ0v) is 17.4. The molecule has 2 fully saturated rings. The van der Waals surface area contributed by atoms with Gasteiger partial charge in [0.15, 0.2) is 0 Å². The second-order valence-electron chi connectivity index (χ2n) is 7.82. The Hall–Kier alpha value is -2.86. The molecule has 1 aliphatic heterocycles. The van der Waals surface area contributed by atoms with Gasteiger partial charge in [-0.05, 0) is 54.8 Å². The number of piperazine rings is 1. The fourth-order valence-corrected chi connectivity index (χ4v) is 4.25. The largest absolute Gasteiger partial charge is 0.330 e. The average molecular weight is 426 g/mol. The summed E-state index contributed by atoms with van der Waals surface area (Å²) < 4.78 is 0. The van der Waals surface area contributed by atoms with E-state index in [1.165, 1.54) is 0 Å². The molecule has 1 N–H and O–H groups in total. The molecular weight excluding hydrogens is 402 g/mol. The maximum atomic E-state index is 12.6. The van der Waals surface area contributed by atoms with Gasteiger partial charge in [-0.1, -0.05) is 36.6 Å². The van der Waals surface area contributed by atoms with Crippen LogP contribution < -0.4 is 5.32 Å². The minimum atomic E-state index is -0.433. The molecular formula is C23H24ClN3O3. The number of amides is 3. The van der Waals surface area contributed by atoms with Crippen molar-refractivity contribution >= 4 is 35.0 Å². The number of nitrogens with one attached hydrogen (secondary N) is 1. The summed E-state index contributed by atoms with van der Waals surface area (Å²) >= 11 is 5.86. The Bertz CT molecular complexity index is 937. The second-order valence-corrected chi connectivity index (χ2v) is 8.26. The van der Waals surface area contributed by atoms with E-state index in [1.54, 1.807) is 46.2 Å². The molecule has 2 aliphatic rings. The molecule has 1 saturated heterocycles. The van der Waals surface area contributed by atoms with E-state index in [-0.39, 0.29) is 17.9 Å². The number of hydrogen-bond acceptors (Lipinski definition) is 3. The van der Waals surface area contributed by atoms with Crippen LogP contribution in [-0.4, -0.2) is 46.7 Å². The topological polar surface area (TPSA) is 69.7 Å². The highest BCUT2D eigenvalue weighted by molar-refractivity contribution is 6.35. The van der Waals surface area contributed by atoms with E-state index in [9.17, 15) is 14.4 Å². The first-order valence-electron chi connectivity index (χ1n) is 10.3. The van der Waals surface area contributed by atoms with Crippen LogP contribution in [0, 0.1) is 0 Å². The zero-order chi connectivity index (χ0) is 21.1. The van der Waals surface area contributed by atoms with Crippen LogP contribution in [0.3, 0.4) is 0 Å². The smallest absolute Gasteiger partial charge is 0.312 e. The molecule has 3 amide bonds. The monoisotopic (exact) mass is 425 g/mol. The van der Waals surface area contributed by atoms with Crippen LogP contribution in [0.25, 0.3) is 0 Å². The molecule has 1 aliphatic carbocycles. The van der Waals surface area contributed by atoms with E-state index >= 15 is 0 Å². The fraction of sp³-hybridized carbons (Fsp3) is 0.348. The van der Waals surface area contributed by atoms with Gasteiger partial charge in [0.05, 0.1) is 0 Å². The maximum absolute atomic E-state index is 12.6. The van der Waals surface area contributed by atoms with Gasteiger partial charge in [0.2, 0.25) is 0 Å². The molecule has 7 heteroatoms.